The Balaban J connectivity index is 1.99. The highest BCUT2D eigenvalue weighted by atomic mass is 32.1. The van der Waals surface area contributed by atoms with Crippen LogP contribution in [-0.4, -0.2) is 11.1 Å². The number of aryl methyl sites for hydroxylation is 1. The Morgan fingerprint density at radius 3 is 2.85 bits per heavy atom. The first-order valence-electron chi connectivity index (χ1n) is 7.43. The highest BCUT2D eigenvalue weighted by molar-refractivity contribution is 7.18. The predicted octanol–water partition coefficient (Wildman–Crippen LogP) is 4.92. The number of ether oxygens (including phenoxy) is 1. The van der Waals surface area contributed by atoms with Crippen LogP contribution in [-0.2, 0) is 0 Å². The van der Waals surface area contributed by atoms with E-state index in [1.54, 1.807) is 11.3 Å². The fraction of sp³-hybridized carbons (Fsp3) is 0.562. The van der Waals surface area contributed by atoms with E-state index in [0.717, 1.165) is 27.4 Å². The Morgan fingerprint density at radius 1 is 1.30 bits per heavy atom. The van der Waals surface area contributed by atoms with Gasteiger partial charge in [0, 0.05) is 6.07 Å². The van der Waals surface area contributed by atoms with Gasteiger partial charge in [0.1, 0.15) is 5.75 Å². The van der Waals surface area contributed by atoms with Crippen molar-refractivity contribution in [3.05, 3.63) is 17.1 Å². The highest BCUT2D eigenvalue weighted by Gasteiger charge is 2.10. The fourth-order valence-electron chi connectivity index (χ4n) is 2.32. The first kappa shape index (κ1) is 15.1. The predicted molar refractivity (Wildman–Crippen MR) is 87.6 cm³/mol. The molecule has 20 heavy (non-hydrogen) atoms. The number of aromatic nitrogens is 1. The molecule has 0 aliphatic rings. The lowest BCUT2D eigenvalue weighted by molar-refractivity contribution is 0.208. The number of hydrogen-bond donors (Lipinski definition) is 1. The molecule has 0 fully saturated rings. The minimum atomic E-state index is 0.200. The third-order valence-electron chi connectivity index (χ3n) is 3.42. The molecule has 0 bridgehead atoms. The molecule has 1 atom stereocenters. The quantitative estimate of drug-likeness (QED) is 0.581. The maximum Gasteiger partial charge on any atom is 0.144 e. The molecular weight excluding hydrogens is 268 g/mol. The third-order valence-corrected chi connectivity index (χ3v) is 4.35. The van der Waals surface area contributed by atoms with E-state index in [9.17, 15) is 0 Å². The van der Waals surface area contributed by atoms with E-state index in [-0.39, 0.29) is 6.10 Å². The molecule has 3 nitrogen and oxygen atoms in total. The lowest BCUT2D eigenvalue weighted by Gasteiger charge is -2.16. The molecule has 0 saturated heterocycles. The highest BCUT2D eigenvalue weighted by Crippen LogP contribution is 2.32. The summed E-state index contributed by atoms with van der Waals surface area (Å²) in [7, 11) is 0. The van der Waals surface area contributed by atoms with Gasteiger partial charge in [-0.25, -0.2) is 4.98 Å². The minimum absolute atomic E-state index is 0.200. The smallest absolute Gasteiger partial charge is 0.144 e. The van der Waals surface area contributed by atoms with Crippen molar-refractivity contribution in [3.63, 3.8) is 0 Å². The Hall–Kier alpha value is -1.29. The summed E-state index contributed by atoms with van der Waals surface area (Å²) in [4.78, 5) is 4.49. The number of thiazole rings is 1. The SMILES string of the molecule is CCCCCCC(C)Oc1cc2nc(C)sc2cc1N. The summed E-state index contributed by atoms with van der Waals surface area (Å²) >= 11 is 1.67. The Kier molecular flexibility index (Phi) is 5.24. The van der Waals surface area contributed by atoms with E-state index in [1.807, 2.05) is 19.1 Å². The van der Waals surface area contributed by atoms with Crippen molar-refractivity contribution in [2.45, 2.75) is 59.0 Å². The second-order valence-corrected chi connectivity index (χ2v) is 6.60. The van der Waals surface area contributed by atoms with Gasteiger partial charge in [0.15, 0.2) is 0 Å². The summed E-state index contributed by atoms with van der Waals surface area (Å²) in [5.41, 5.74) is 7.77. The molecule has 110 valence electrons. The number of nitrogens with zero attached hydrogens (tertiary/aromatic N) is 1. The van der Waals surface area contributed by atoms with E-state index >= 15 is 0 Å². The zero-order valence-electron chi connectivity index (χ0n) is 12.6. The monoisotopic (exact) mass is 292 g/mol. The average Bonchev–Trinajstić information content (AvgIpc) is 2.74. The molecule has 1 aromatic heterocycles. The molecule has 0 aliphatic carbocycles. The van der Waals surface area contributed by atoms with E-state index < -0.39 is 0 Å². The summed E-state index contributed by atoms with van der Waals surface area (Å²) in [6.07, 6.45) is 6.34. The van der Waals surface area contributed by atoms with Gasteiger partial charge in [-0.15, -0.1) is 11.3 Å². The van der Waals surface area contributed by atoms with Crippen LogP contribution >= 0.6 is 11.3 Å². The largest absolute Gasteiger partial charge is 0.488 e. The first-order valence-corrected chi connectivity index (χ1v) is 8.25. The molecular formula is C16H24N2OS. The molecule has 0 saturated carbocycles. The average molecular weight is 292 g/mol. The number of anilines is 1. The number of rotatable bonds is 7. The van der Waals surface area contributed by atoms with Gasteiger partial charge < -0.3 is 10.5 Å². The number of hydrogen-bond acceptors (Lipinski definition) is 4. The maximum absolute atomic E-state index is 6.07. The van der Waals surface area contributed by atoms with Crippen molar-refractivity contribution in [1.82, 2.24) is 4.98 Å². The van der Waals surface area contributed by atoms with E-state index in [1.165, 1.54) is 25.7 Å². The summed E-state index contributed by atoms with van der Waals surface area (Å²) in [5.74, 6) is 0.769. The molecule has 4 heteroatoms. The Morgan fingerprint density at radius 2 is 2.10 bits per heavy atom. The lowest BCUT2D eigenvalue weighted by atomic mass is 10.1. The van der Waals surface area contributed by atoms with Crippen molar-refractivity contribution >= 4 is 27.2 Å². The lowest BCUT2D eigenvalue weighted by Crippen LogP contribution is -2.12. The first-order chi connectivity index (χ1) is 9.60. The molecule has 2 aromatic rings. The van der Waals surface area contributed by atoms with Crippen LogP contribution in [0.5, 0.6) is 5.75 Å². The molecule has 0 aliphatic heterocycles. The van der Waals surface area contributed by atoms with Crippen molar-refractivity contribution in [2.24, 2.45) is 0 Å². The van der Waals surface area contributed by atoms with Gasteiger partial charge in [-0.3, -0.25) is 0 Å². The molecule has 2 N–H and O–H groups in total. The Bertz CT molecular complexity index is 565. The standard InChI is InChI=1S/C16H24N2OS/c1-4-5-6-7-8-11(2)19-15-10-14-16(9-13(15)17)20-12(3)18-14/h9-11H,4-8,17H2,1-3H3. The van der Waals surface area contributed by atoms with E-state index in [4.69, 9.17) is 10.5 Å². The van der Waals surface area contributed by atoms with Crippen molar-refractivity contribution in [3.8, 4) is 5.75 Å². The molecule has 2 rings (SSSR count). The van der Waals surface area contributed by atoms with Crippen LogP contribution in [0.1, 0.15) is 51.0 Å². The van der Waals surface area contributed by atoms with Gasteiger partial charge in [0.05, 0.1) is 27.0 Å². The van der Waals surface area contributed by atoms with Gasteiger partial charge in [0.25, 0.3) is 0 Å². The number of nitrogens with two attached hydrogens (primary N) is 1. The normalized spacial score (nSPS) is 12.8. The molecule has 0 spiro atoms. The number of nitrogen functional groups attached to an aromatic ring is 1. The number of benzene rings is 1. The van der Waals surface area contributed by atoms with Crippen LogP contribution in [0, 0.1) is 6.92 Å². The molecule has 1 heterocycles. The molecule has 0 amide bonds. The van der Waals surface area contributed by atoms with Crippen LogP contribution in [0.2, 0.25) is 0 Å². The second kappa shape index (κ2) is 6.93. The minimum Gasteiger partial charge on any atom is -0.488 e. The van der Waals surface area contributed by atoms with Crippen LogP contribution in [0.15, 0.2) is 12.1 Å². The summed E-state index contributed by atoms with van der Waals surface area (Å²) in [5, 5.41) is 1.06. The zero-order valence-corrected chi connectivity index (χ0v) is 13.4. The summed E-state index contributed by atoms with van der Waals surface area (Å²) in [6, 6.07) is 3.94. The third kappa shape index (κ3) is 3.85. The molecule has 0 radical (unpaired) electrons. The fourth-order valence-corrected chi connectivity index (χ4v) is 3.18. The van der Waals surface area contributed by atoms with Gasteiger partial charge in [0.2, 0.25) is 0 Å². The summed E-state index contributed by atoms with van der Waals surface area (Å²) < 4.78 is 7.11. The van der Waals surface area contributed by atoms with Crippen molar-refractivity contribution in [1.29, 1.82) is 0 Å². The summed E-state index contributed by atoms with van der Waals surface area (Å²) in [6.45, 7) is 6.35. The van der Waals surface area contributed by atoms with E-state index in [2.05, 4.69) is 18.8 Å². The molecule has 1 aromatic carbocycles. The zero-order chi connectivity index (χ0) is 14.5. The van der Waals surface area contributed by atoms with Gasteiger partial charge in [-0.05, 0) is 32.8 Å². The van der Waals surface area contributed by atoms with Gasteiger partial charge >= 0.3 is 0 Å². The van der Waals surface area contributed by atoms with Crippen molar-refractivity contribution < 1.29 is 4.74 Å². The van der Waals surface area contributed by atoms with Crippen LogP contribution in [0.25, 0.3) is 10.2 Å². The number of fused-ring (bicyclic) bond motifs is 1. The van der Waals surface area contributed by atoms with Crippen LogP contribution in [0.4, 0.5) is 5.69 Å². The van der Waals surface area contributed by atoms with Crippen LogP contribution < -0.4 is 10.5 Å². The topological polar surface area (TPSA) is 48.1 Å². The van der Waals surface area contributed by atoms with Gasteiger partial charge in [-0.1, -0.05) is 26.2 Å². The molecule has 1 unspecified atom stereocenters. The van der Waals surface area contributed by atoms with E-state index in [0.29, 0.717) is 5.69 Å². The second-order valence-electron chi connectivity index (χ2n) is 5.37. The Labute approximate surface area is 125 Å². The van der Waals surface area contributed by atoms with Crippen molar-refractivity contribution in [2.75, 3.05) is 5.73 Å². The maximum atomic E-state index is 6.07. The van der Waals surface area contributed by atoms with Crippen LogP contribution in [0.3, 0.4) is 0 Å². The number of unbranched alkanes of at least 4 members (excludes halogenated alkanes) is 3. The van der Waals surface area contributed by atoms with Gasteiger partial charge in [-0.2, -0.15) is 0 Å².